The van der Waals surface area contributed by atoms with Crippen LogP contribution in [-0.2, 0) is 9.59 Å². The Bertz CT molecular complexity index is 824. The normalized spacial score (nSPS) is 11.4. The van der Waals surface area contributed by atoms with Crippen LogP contribution < -0.4 is 16.0 Å². The number of nitrogens with one attached hydrogen (secondary N) is 3. The summed E-state index contributed by atoms with van der Waals surface area (Å²) < 4.78 is 0. The van der Waals surface area contributed by atoms with Crippen LogP contribution in [0.4, 0.5) is 5.69 Å². The van der Waals surface area contributed by atoms with Crippen molar-refractivity contribution in [2.75, 3.05) is 11.9 Å². The van der Waals surface area contributed by atoms with Crippen molar-refractivity contribution in [3.63, 3.8) is 0 Å². The highest BCUT2D eigenvalue weighted by atomic mass is 35.5. The summed E-state index contributed by atoms with van der Waals surface area (Å²) in [5.41, 5.74) is 1.89. The molecule has 0 aliphatic heterocycles. The zero-order valence-electron chi connectivity index (χ0n) is 15.2. The Morgan fingerprint density at radius 1 is 1.00 bits per heavy atom. The van der Waals surface area contributed by atoms with Gasteiger partial charge in [-0.25, -0.2) is 0 Å². The van der Waals surface area contributed by atoms with E-state index in [1.54, 1.807) is 56.3 Å². The number of rotatable bonds is 7. The van der Waals surface area contributed by atoms with Crippen LogP contribution >= 0.6 is 11.6 Å². The third-order valence-electron chi connectivity index (χ3n) is 3.89. The Morgan fingerprint density at radius 3 is 2.41 bits per heavy atom. The molecule has 6 nitrogen and oxygen atoms in total. The molecule has 7 heteroatoms. The van der Waals surface area contributed by atoms with E-state index in [0.717, 1.165) is 5.56 Å². The van der Waals surface area contributed by atoms with Crippen molar-refractivity contribution in [3.8, 4) is 0 Å². The monoisotopic (exact) mass is 387 g/mol. The molecular weight excluding hydrogens is 366 g/mol. The van der Waals surface area contributed by atoms with Gasteiger partial charge in [-0.15, -0.1) is 0 Å². The van der Waals surface area contributed by atoms with Crippen LogP contribution in [0.3, 0.4) is 0 Å². The maximum Gasteiger partial charge on any atom is 0.251 e. The lowest BCUT2D eigenvalue weighted by molar-refractivity contribution is -0.124. The summed E-state index contributed by atoms with van der Waals surface area (Å²) in [6.07, 6.45) is 0.0715. The molecule has 0 bridgehead atoms. The Morgan fingerprint density at radius 2 is 1.70 bits per heavy atom. The maximum atomic E-state index is 12.0. The number of benzene rings is 2. The van der Waals surface area contributed by atoms with Gasteiger partial charge in [-0.05, 0) is 43.7 Å². The van der Waals surface area contributed by atoms with Crippen LogP contribution in [0.15, 0.2) is 48.5 Å². The number of carbonyl (C=O) groups excluding carboxylic acids is 3. The first kappa shape index (κ1) is 20.5. The minimum Gasteiger partial charge on any atom is -0.349 e. The summed E-state index contributed by atoms with van der Waals surface area (Å²) in [5.74, 6) is -0.923. The first-order chi connectivity index (χ1) is 12.9. The molecule has 0 aliphatic rings. The molecule has 0 radical (unpaired) electrons. The predicted octanol–water partition coefficient (Wildman–Crippen LogP) is 2.91. The van der Waals surface area contributed by atoms with Crippen LogP contribution in [0.1, 0.15) is 29.3 Å². The third-order valence-corrected chi connectivity index (χ3v) is 4.30. The SMILES string of the molecule is Cc1c(Cl)cccc1NC(=O)CNC(=O)C[C@H](C)NC(=O)c1ccccc1. The number of hydrogen-bond acceptors (Lipinski definition) is 3. The van der Waals surface area contributed by atoms with Crippen molar-refractivity contribution >= 4 is 35.0 Å². The van der Waals surface area contributed by atoms with Gasteiger partial charge in [0.15, 0.2) is 0 Å². The molecule has 3 amide bonds. The molecule has 2 rings (SSSR count). The zero-order chi connectivity index (χ0) is 19.8. The van der Waals surface area contributed by atoms with E-state index in [1.165, 1.54) is 0 Å². The van der Waals surface area contributed by atoms with Gasteiger partial charge < -0.3 is 16.0 Å². The second-order valence-electron chi connectivity index (χ2n) is 6.18. The molecule has 27 heavy (non-hydrogen) atoms. The van der Waals surface area contributed by atoms with E-state index in [0.29, 0.717) is 16.3 Å². The molecule has 2 aromatic rings. The lowest BCUT2D eigenvalue weighted by Gasteiger charge is -2.14. The molecule has 2 aromatic carbocycles. The molecule has 0 aromatic heterocycles. The zero-order valence-corrected chi connectivity index (χ0v) is 16.0. The maximum absolute atomic E-state index is 12.0. The van der Waals surface area contributed by atoms with Gasteiger partial charge in [0.2, 0.25) is 11.8 Å². The van der Waals surface area contributed by atoms with E-state index in [1.807, 2.05) is 6.07 Å². The highest BCUT2D eigenvalue weighted by molar-refractivity contribution is 6.31. The smallest absolute Gasteiger partial charge is 0.251 e. The molecule has 0 unspecified atom stereocenters. The Labute approximate surface area is 163 Å². The topological polar surface area (TPSA) is 87.3 Å². The molecular formula is C20H22ClN3O3. The second-order valence-corrected chi connectivity index (χ2v) is 6.59. The molecule has 0 saturated carbocycles. The molecule has 0 saturated heterocycles. The third kappa shape index (κ3) is 6.42. The summed E-state index contributed by atoms with van der Waals surface area (Å²) >= 11 is 6.01. The van der Waals surface area contributed by atoms with Crippen molar-refractivity contribution < 1.29 is 14.4 Å². The largest absolute Gasteiger partial charge is 0.349 e. The summed E-state index contributed by atoms with van der Waals surface area (Å²) in [4.78, 5) is 36.0. The quantitative estimate of drug-likeness (QED) is 0.682. The fraction of sp³-hybridized carbons (Fsp3) is 0.250. The molecule has 142 valence electrons. The highest BCUT2D eigenvalue weighted by Gasteiger charge is 2.14. The fourth-order valence-electron chi connectivity index (χ4n) is 2.41. The fourth-order valence-corrected chi connectivity index (χ4v) is 2.59. The molecule has 0 spiro atoms. The van der Waals surface area contributed by atoms with Gasteiger partial charge in [0.05, 0.1) is 6.54 Å². The van der Waals surface area contributed by atoms with E-state index < -0.39 is 0 Å². The summed E-state index contributed by atoms with van der Waals surface area (Å²) in [5, 5.41) is 8.56. The molecule has 0 aliphatic carbocycles. The Balaban J connectivity index is 1.76. The van der Waals surface area contributed by atoms with Gasteiger partial charge in [0.1, 0.15) is 0 Å². The van der Waals surface area contributed by atoms with Gasteiger partial charge in [-0.2, -0.15) is 0 Å². The van der Waals surface area contributed by atoms with E-state index >= 15 is 0 Å². The average Bonchev–Trinajstić information content (AvgIpc) is 2.64. The first-order valence-corrected chi connectivity index (χ1v) is 8.92. The number of carbonyl (C=O) groups is 3. The number of halogens is 1. The van der Waals surface area contributed by atoms with Gasteiger partial charge in [-0.1, -0.05) is 35.9 Å². The van der Waals surface area contributed by atoms with E-state index in [4.69, 9.17) is 11.6 Å². The second kappa shape index (κ2) is 9.73. The summed E-state index contributed by atoms with van der Waals surface area (Å²) in [6, 6.07) is 13.6. The average molecular weight is 388 g/mol. The predicted molar refractivity (Wildman–Crippen MR) is 106 cm³/mol. The van der Waals surface area contributed by atoms with Crippen LogP contribution in [0.25, 0.3) is 0 Å². The van der Waals surface area contributed by atoms with Crippen molar-refractivity contribution in [2.45, 2.75) is 26.3 Å². The number of amides is 3. The minimum atomic E-state index is -0.365. The first-order valence-electron chi connectivity index (χ1n) is 8.54. The van der Waals surface area contributed by atoms with E-state index in [-0.39, 0.29) is 36.7 Å². The van der Waals surface area contributed by atoms with Crippen molar-refractivity contribution in [1.82, 2.24) is 10.6 Å². The molecule has 0 fully saturated rings. The lowest BCUT2D eigenvalue weighted by Crippen LogP contribution is -2.39. The van der Waals surface area contributed by atoms with Crippen molar-refractivity contribution in [2.24, 2.45) is 0 Å². The standard InChI is InChI=1S/C20H22ClN3O3/c1-13(23-20(27)15-7-4-3-5-8-15)11-18(25)22-12-19(26)24-17-10-6-9-16(21)14(17)2/h3-10,13H,11-12H2,1-2H3,(H,22,25)(H,23,27)(H,24,26)/t13-/m0/s1. The van der Waals surface area contributed by atoms with Crippen LogP contribution in [0, 0.1) is 6.92 Å². The molecule has 0 heterocycles. The Hall–Kier alpha value is -2.86. The van der Waals surface area contributed by atoms with Gasteiger partial charge in [-0.3, -0.25) is 14.4 Å². The minimum absolute atomic E-state index is 0.0715. The Kier molecular flexibility index (Phi) is 7.37. The molecule has 1 atom stereocenters. The number of hydrogen-bond donors (Lipinski definition) is 3. The molecule has 3 N–H and O–H groups in total. The van der Waals surface area contributed by atoms with Crippen molar-refractivity contribution in [1.29, 1.82) is 0 Å². The van der Waals surface area contributed by atoms with Gasteiger partial charge in [0, 0.05) is 28.7 Å². The van der Waals surface area contributed by atoms with Gasteiger partial charge in [0.25, 0.3) is 5.91 Å². The summed E-state index contributed by atoms with van der Waals surface area (Å²) in [7, 11) is 0. The van der Waals surface area contributed by atoms with Crippen molar-refractivity contribution in [3.05, 3.63) is 64.7 Å². The van der Waals surface area contributed by atoms with Crippen LogP contribution in [-0.4, -0.2) is 30.3 Å². The summed E-state index contributed by atoms with van der Waals surface area (Å²) in [6.45, 7) is 3.37. The highest BCUT2D eigenvalue weighted by Crippen LogP contribution is 2.22. The van der Waals surface area contributed by atoms with Crippen LogP contribution in [0.2, 0.25) is 5.02 Å². The van der Waals surface area contributed by atoms with Gasteiger partial charge >= 0.3 is 0 Å². The number of anilines is 1. The van der Waals surface area contributed by atoms with E-state index in [9.17, 15) is 14.4 Å². The van der Waals surface area contributed by atoms with E-state index in [2.05, 4.69) is 16.0 Å². The van der Waals surface area contributed by atoms with Crippen LogP contribution in [0.5, 0.6) is 0 Å². The lowest BCUT2D eigenvalue weighted by atomic mass is 10.1.